The second-order valence-electron chi connectivity index (χ2n) is 2.82. The van der Waals surface area contributed by atoms with Gasteiger partial charge in [0.05, 0.1) is 7.11 Å². The van der Waals surface area contributed by atoms with Crippen molar-refractivity contribution in [2.24, 2.45) is 5.73 Å². The van der Waals surface area contributed by atoms with Gasteiger partial charge in [0.25, 0.3) is 0 Å². The lowest BCUT2D eigenvalue weighted by atomic mass is 10.1. The van der Waals surface area contributed by atoms with E-state index in [2.05, 4.69) is 0 Å². The molecule has 0 aliphatic carbocycles. The van der Waals surface area contributed by atoms with E-state index in [1.54, 1.807) is 6.07 Å². The number of halogens is 1. The third-order valence-corrected chi connectivity index (χ3v) is 1.90. The van der Waals surface area contributed by atoms with Gasteiger partial charge in [0.15, 0.2) is 11.6 Å². The number of para-hydroxylation sites is 1. The van der Waals surface area contributed by atoms with Gasteiger partial charge < -0.3 is 10.5 Å². The molecule has 1 rings (SSSR count). The summed E-state index contributed by atoms with van der Waals surface area (Å²) in [5.74, 6) is 0.0352. The Morgan fingerprint density at radius 2 is 2.23 bits per heavy atom. The Labute approximate surface area is 77.5 Å². The van der Waals surface area contributed by atoms with Crippen LogP contribution in [0.3, 0.4) is 0 Å². The fourth-order valence-corrected chi connectivity index (χ4v) is 1.27. The Morgan fingerprint density at radius 3 is 2.85 bits per heavy atom. The fraction of sp³-hybridized carbons (Fsp3) is 0.400. The largest absolute Gasteiger partial charge is 0.493 e. The average molecular weight is 183 g/mol. The molecule has 2 N–H and O–H groups in total. The lowest BCUT2D eigenvalue weighted by molar-refractivity contribution is 0.381. The summed E-state index contributed by atoms with van der Waals surface area (Å²) in [6.45, 7) is 0.611. The molecule has 0 amide bonds. The number of rotatable bonds is 4. The molecule has 0 bridgehead atoms. The van der Waals surface area contributed by atoms with E-state index in [0.29, 0.717) is 12.3 Å². The zero-order valence-electron chi connectivity index (χ0n) is 7.72. The van der Waals surface area contributed by atoms with E-state index >= 15 is 0 Å². The summed E-state index contributed by atoms with van der Waals surface area (Å²) in [5.41, 5.74) is 6.25. The summed E-state index contributed by atoms with van der Waals surface area (Å²) < 4.78 is 18.1. The van der Waals surface area contributed by atoms with Crippen LogP contribution >= 0.6 is 0 Å². The minimum Gasteiger partial charge on any atom is -0.493 e. The van der Waals surface area contributed by atoms with Crippen LogP contribution in [0.25, 0.3) is 0 Å². The number of benzene rings is 1. The number of aryl methyl sites for hydroxylation is 1. The Balaban J connectivity index is 2.85. The molecule has 1 aromatic rings. The van der Waals surface area contributed by atoms with Crippen LogP contribution in [-0.4, -0.2) is 13.7 Å². The van der Waals surface area contributed by atoms with Crippen molar-refractivity contribution < 1.29 is 9.13 Å². The highest BCUT2D eigenvalue weighted by atomic mass is 19.1. The van der Waals surface area contributed by atoms with Crippen LogP contribution < -0.4 is 10.5 Å². The van der Waals surface area contributed by atoms with Crippen LogP contribution in [0.4, 0.5) is 4.39 Å². The first-order chi connectivity index (χ1) is 6.29. The molecular formula is C10H14FNO. The maximum Gasteiger partial charge on any atom is 0.165 e. The van der Waals surface area contributed by atoms with Crippen molar-refractivity contribution in [1.82, 2.24) is 0 Å². The fourth-order valence-electron chi connectivity index (χ4n) is 1.27. The molecule has 0 fully saturated rings. The van der Waals surface area contributed by atoms with Crippen LogP contribution in [0.15, 0.2) is 18.2 Å². The predicted molar refractivity (Wildman–Crippen MR) is 50.3 cm³/mol. The lowest BCUT2D eigenvalue weighted by Crippen LogP contribution is -2.02. The summed E-state index contributed by atoms with van der Waals surface area (Å²) in [7, 11) is 1.48. The van der Waals surface area contributed by atoms with E-state index in [1.165, 1.54) is 13.2 Å². The number of methoxy groups -OCH3 is 1. The van der Waals surface area contributed by atoms with Crippen LogP contribution in [0.5, 0.6) is 5.75 Å². The van der Waals surface area contributed by atoms with Crippen molar-refractivity contribution in [3.8, 4) is 5.75 Å². The van der Waals surface area contributed by atoms with Crippen LogP contribution in [-0.2, 0) is 6.42 Å². The van der Waals surface area contributed by atoms with E-state index in [-0.39, 0.29) is 5.82 Å². The van der Waals surface area contributed by atoms with Crippen LogP contribution in [0.1, 0.15) is 12.0 Å². The maximum atomic E-state index is 13.1. The Bertz CT molecular complexity index is 276. The molecule has 0 saturated heterocycles. The van der Waals surface area contributed by atoms with Gasteiger partial charge in [0.1, 0.15) is 0 Å². The van der Waals surface area contributed by atoms with E-state index in [4.69, 9.17) is 10.5 Å². The van der Waals surface area contributed by atoms with Gasteiger partial charge in [-0.3, -0.25) is 0 Å². The average Bonchev–Trinajstić information content (AvgIpc) is 2.15. The summed E-state index contributed by atoms with van der Waals surface area (Å²) in [5, 5.41) is 0. The minimum absolute atomic E-state index is 0.308. The molecule has 0 unspecified atom stereocenters. The van der Waals surface area contributed by atoms with Crippen LogP contribution in [0, 0.1) is 5.82 Å². The van der Waals surface area contributed by atoms with Crippen molar-refractivity contribution in [2.45, 2.75) is 12.8 Å². The molecule has 72 valence electrons. The van der Waals surface area contributed by atoms with E-state index in [0.717, 1.165) is 18.4 Å². The molecule has 3 heteroatoms. The molecule has 0 aromatic heterocycles. The van der Waals surface area contributed by atoms with Gasteiger partial charge >= 0.3 is 0 Å². The Kier molecular flexibility index (Phi) is 3.71. The van der Waals surface area contributed by atoms with Crippen molar-refractivity contribution in [1.29, 1.82) is 0 Å². The third-order valence-electron chi connectivity index (χ3n) is 1.90. The van der Waals surface area contributed by atoms with Gasteiger partial charge in [-0.25, -0.2) is 4.39 Å². The number of hydrogen-bond donors (Lipinski definition) is 1. The highest BCUT2D eigenvalue weighted by Gasteiger charge is 2.07. The quantitative estimate of drug-likeness (QED) is 0.771. The van der Waals surface area contributed by atoms with Gasteiger partial charge in [-0.2, -0.15) is 0 Å². The minimum atomic E-state index is -0.308. The maximum absolute atomic E-state index is 13.1. The smallest absolute Gasteiger partial charge is 0.165 e. The van der Waals surface area contributed by atoms with Gasteiger partial charge in [0.2, 0.25) is 0 Å². The zero-order valence-corrected chi connectivity index (χ0v) is 7.72. The summed E-state index contributed by atoms with van der Waals surface area (Å²) in [6.07, 6.45) is 1.61. The van der Waals surface area contributed by atoms with E-state index < -0.39 is 0 Å². The predicted octanol–water partition coefficient (Wildman–Crippen LogP) is 1.73. The number of ether oxygens (including phenoxy) is 1. The van der Waals surface area contributed by atoms with Gasteiger partial charge in [0, 0.05) is 0 Å². The molecule has 0 heterocycles. The molecule has 0 radical (unpaired) electrons. The van der Waals surface area contributed by atoms with Crippen molar-refractivity contribution >= 4 is 0 Å². The Morgan fingerprint density at radius 1 is 1.46 bits per heavy atom. The topological polar surface area (TPSA) is 35.2 Å². The Hall–Kier alpha value is -1.09. The summed E-state index contributed by atoms with van der Waals surface area (Å²) >= 11 is 0. The molecule has 2 nitrogen and oxygen atoms in total. The standard InChI is InChI=1S/C10H14FNO/c1-13-10-8(5-3-7-12)4-2-6-9(10)11/h2,4,6H,3,5,7,12H2,1H3. The van der Waals surface area contributed by atoms with Crippen molar-refractivity contribution in [3.63, 3.8) is 0 Å². The monoisotopic (exact) mass is 183 g/mol. The molecule has 0 spiro atoms. The van der Waals surface area contributed by atoms with Gasteiger partial charge in [-0.05, 0) is 31.0 Å². The van der Waals surface area contributed by atoms with Gasteiger partial charge in [-0.1, -0.05) is 12.1 Å². The molecule has 13 heavy (non-hydrogen) atoms. The molecule has 0 atom stereocenters. The highest BCUT2D eigenvalue weighted by Crippen LogP contribution is 2.22. The summed E-state index contributed by atoms with van der Waals surface area (Å²) in [6, 6.07) is 4.94. The second-order valence-corrected chi connectivity index (χ2v) is 2.82. The number of nitrogens with two attached hydrogens (primary N) is 1. The van der Waals surface area contributed by atoms with E-state index in [1.807, 2.05) is 6.07 Å². The number of hydrogen-bond acceptors (Lipinski definition) is 2. The van der Waals surface area contributed by atoms with Gasteiger partial charge in [-0.15, -0.1) is 0 Å². The van der Waals surface area contributed by atoms with E-state index in [9.17, 15) is 4.39 Å². The molecular weight excluding hydrogens is 169 g/mol. The lowest BCUT2D eigenvalue weighted by Gasteiger charge is -2.08. The molecule has 1 aromatic carbocycles. The normalized spacial score (nSPS) is 10.1. The van der Waals surface area contributed by atoms with Crippen molar-refractivity contribution in [2.75, 3.05) is 13.7 Å². The summed E-state index contributed by atoms with van der Waals surface area (Å²) in [4.78, 5) is 0. The first kappa shape index (κ1) is 9.99. The molecule has 0 saturated carbocycles. The molecule has 0 aliphatic rings. The first-order valence-corrected chi connectivity index (χ1v) is 4.31. The highest BCUT2D eigenvalue weighted by molar-refractivity contribution is 5.34. The molecule has 0 aliphatic heterocycles. The first-order valence-electron chi connectivity index (χ1n) is 4.31. The zero-order chi connectivity index (χ0) is 9.68. The third kappa shape index (κ3) is 2.42. The van der Waals surface area contributed by atoms with Crippen LogP contribution in [0.2, 0.25) is 0 Å². The van der Waals surface area contributed by atoms with Crippen molar-refractivity contribution in [3.05, 3.63) is 29.6 Å². The second kappa shape index (κ2) is 4.82. The SMILES string of the molecule is COc1c(F)cccc1CCCN.